The molecule has 0 heterocycles. The summed E-state index contributed by atoms with van der Waals surface area (Å²) in [5, 5.41) is 0. The molecule has 0 aromatic heterocycles. The zero-order valence-corrected chi connectivity index (χ0v) is 26.4. The van der Waals surface area contributed by atoms with Gasteiger partial charge in [-0.15, -0.1) is 0 Å². The van der Waals surface area contributed by atoms with Crippen molar-refractivity contribution >= 4 is 0 Å². The van der Waals surface area contributed by atoms with Gasteiger partial charge in [0.1, 0.15) is 57.6 Å². The summed E-state index contributed by atoms with van der Waals surface area (Å²) in [6.07, 6.45) is 0. The van der Waals surface area contributed by atoms with Crippen molar-refractivity contribution in [2.24, 2.45) is 0 Å². The molecule has 50 heavy (non-hydrogen) atoms. The molecule has 0 aliphatic heterocycles. The van der Waals surface area contributed by atoms with E-state index in [1.807, 2.05) is 54.6 Å². The molecule has 0 unspecified atom stereocenters. The quantitative estimate of drug-likeness (QED) is 0.129. The molecule has 0 aliphatic carbocycles. The van der Waals surface area contributed by atoms with Gasteiger partial charge >= 0.3 is 0 Å². The van der Waals surface area contributed by atoms with Crippen LogP contribution in [0, 0.1) is 11.6 Å². The summed E-state index contributed by atoms with van der Waals surface area (Å²) in [5.41, 5.74) is 0. The second-order valence-electron chi connectivity index (χ2n) is 10.8. The third-order valence-electron chi connectivity index (χ3n) is 7.13. The minimum Gasteiger partial charge on any atom is -0.457 e. The van der Waals surface area contributed by atoms with Crippen LogP contribution in [0.2, 0.25) is 0 Å². The number of benzene rings is 7. The van der Waals surface area contributed by atoms with Crippen molar-refractivity contribution in [2.45, 2.75) is 0 Å². The molecular formula is C42H28F2O6. The summed E-state index contributed by atoms with van der Waals surface area (Å²) in [4.78, 5) is 0. The number of para-hydroxylation sites is 4. The lowest BCUT2D eigenvalue weighted by Gasteiger charge is -2.15. The van der Waals surface area contributed by atoms with E-state index in [1.165, 1.54) is 24.3 Å². The van der Waals surface area contributed by atoms with Crippen molar-refractivity contribution in [2.75, 3.05) is 0 Å². The molecule has 0 radical (unpaired) electrons. The third-order valence-corrected chi connectivity index (χ3v) is 7.13. The van der Waals surface area contributed by atoms with E-state index in [9.17, 15) is 8.78 Å². The fourth-order valence-corrected chi connectivity index (χ4v) is 4.83. The molecule has 0 atom stereocenters. The van der Waals surface area contributed by atoms with E-state index < -0.39 is 0 Å². The molecule has 7 aromatic carbocycles. The number of hydrogen-bond acceptors (Lipinski definition) is 6. The smallest absolute Gasteiger partial charge is 0.169 e. The maximum absolute atomic E-state index is 13.5. The van der Waals surface area contributed by atoms with Crippen molar-refractivity contribution in [1.82, 2.24) is 0 Å². The molecule has 0 amide bonds. The van der Waals surface area contributed by atoms with Gasteiger partial charge in [-0.1, -0.05) is 42.5 Å². The zero-order chi connectivity index (χ0) is 34.1. The highest BCUT2D eigenvalue weighted by Gasteiger charge is 2.12. The van der Waals surface area contributed by atoms with Crippen LogP contribution < -0.4 is 28.4 Å². The molecule has 0 spiro atoms. The van der Waals surface area contributed by atoms with Crippen molar-refractivity contribution in [3.8, 4) is 69.0 Å². The van der Waals surface area contributed by atoms with Gasteiger partial charge in [-0.2, -0.15) is 0 Å². The number of ether oxygens (including phenoxy) is 6. The SMILES string of the molecule is Fc1cccc(Oc2ccc(Oc3ccccc3Oc3cccc(Oc4ccccc4Oc4ccc(Oc5cccc(F)c5)cc4)c3)cc2)c1. The van der Waals surface area contributed by atoms with Gasteiger partial charge in [-0.25, -0.2) is 8.78 Å². The lowest BCUT2D eigenvalue weighted by atomic mass is 10.2. The first-order valence-electron chi connectivity index (χ1n) is 15.6. The zero-order valence-electron chi connectivity index (χ0n) is 26.4. The fourth-order valence-electron chi connectivity index (χ4n) is 4.83. The Hall–Kier alpha value is -6.80. The van der Waals surface area contributed by atoms with E-state index in [4.69, 9.17) is 28.4 Å². The summed E-state index contributed by atoms with van der Waals surface area (Å²) in [7, 11) is 0. The summed E-state index contributed by atoms with van der Waals surface area (Å²) in [6.45, 7) is 0. The highest BCUT2D eigenvalue weighted by Crippen LogP contribution is 2.39. The van der Waals surface area contributed by atoms with Crippen LogP contribution in [0.3, 0.4) is 0 Å². The van der Waals surface area contributed by atoms with Gasteiger partial charge in [0, 0.05) is 18.2 Å². The summed E-state index contributed by atoms with van der Waals surface area (Å²) >= 11 is 0. The molecule has 0 aliphatic rings. The molecule has 0 saturated carbocycles. The van der Waals surface area contributed by atoms with Crippen molar-refractivity contribution in [1.29, 1.82) is 0 Å². The first-order valence-corrected chi connectivity index (χ1v) is 15.6. The average Bonchev–Trinajstić information content (AvgIpc) is 3.12. The molecule has 6 nitrogen and oxygen atoms in total. The molecule has 0 fully saturated rings. The maximum atomic E-state index is 13.5. The van der Waals surface area contributed by atoms with Crippen molar-refractivity contribution < 1.29 is 37.2 Å². The Kier molecular flexibility index (Phi) is 9.51. The van der Waals surface area contributed by atoms with E-state index in [2.05, 4.69) is 0 Å². The second-order valence-corrected chi connectivity index (χ2v) is 10.8. The largest absolute Gasteiger partial charge is 0.457 e. The standard InChI is InChI=1S/C42H28F2O6/c43-29-8-5-10-35(26-29)45-31-18-22-33(23-19-31)47-39-14-1-3-16-41(39)49-37-12-7-13-38(28-37)50-42-17-4-2-15-40(42)48-34-24-20-32(21-25-34)46-36-11-6-9-30(44)27-36/h1-28H. The van der Waals surface area contributed by atoms with Crippen LogP contribution in [0.5, 0.6) is 69.0 Å². The molecule has 0 bridgehead atoms. The molecular weight excluding hydrogens is 638 g/mol. The molecule has 0 saturated heterocycles. The maximum Gasteiger partial charge on any atom is 0.169 e. The summed E-state index contributed by atoms with van der Waals surface area (Å²) < 4.78 is 63.2. The molecule has 8 heteroatoms. The van der Waals surface area contributed by atoms with Gasteiger partial charge in [0.25, 0.3) is 0 Å². The third kappa shape index (κ3) is 8.37. The minimum atomic E-state index is -0.371. The summed E-state index contributed by atoms with van der Waals surface area (Å²) in [5.74, 6) is 5.35. The lowest BCUT2D eigenvalue weighted by molar-refractivity contribution is 0.407. The fraction of sp³-hybridized carbons (Fsp3) is 0. The predicted octanol–water partition coefficient (Wildman–Crippen LogP) is 12.7. The van der Waals surface area contributed by atoms with E-state index >= 15 is 0 Å². The van der Waals surface area contributed by atoms with Crippen molar-refractivity contribution in [3.05, 3.63) is 181 Å². The second kappa shape index (κ2) is 15.0. The van der Waals surface area contributed by atoms with Crippen LogP contribution in [-0.4, -0.2) is 0 Å². The van der Waals surface area contributed by atoms with E-state index in [-0.39, 0.29) is 11.6 Å². The molecule has 7 aromatic rings. The van der Waals surface area contributed by atoms with Gasteiger partial charge < -0.3 is 28.4 Å². The Morgan fingerprint density at radius 3 is 0.860 bits per heavy atom. The van der Waals surface area contributed by atoms with Crippen LogP contribution in [0.15, 0.2) is 170 Å². The van der Waals surface area contributed by atoms with Crippen LogP contribution in [-0.2, 0) is 0 Å². The predicted molar refractivity (Wildman–Crippen MR) is 185 cm³/mol. The minimum absolute atomic E-state index is 0.371. The van der Waals surface area contributed by atoms with Crippen LogP contribution in [0.1, 0.15) is 0 Å². The average molecular weight is 667 g/mol. The molecule has 0 N–H and O–H groups in total. The van der Waals surface area contributed by atoms with Crippen LogP contribution in [0.25, 0.3) is 0 Å². The monoisotopic (exact) mass is 666 g/mol. The first kappa shape index (κ1) is 31.8. The van der Waals surface area contributed by atoms with E-state index in [1.54, 1.807) is 91.0 Å². The van der Waals surface area contributed by atoms with Gasteiger partial charge in [0.05, 0.1) is 0 Å². The Bertz CT molecular complexity index is 2050. The Morgan fingerprint density at radius 1 is 0.240 bits per heavy atom. The van der Waals surface area contributed by atoms with Gasteiger partial charge in [-0.05, 0) is 109 Å². The van der Waals surface area contributed by atoms with Crippen molar-refractivity contribution in [3.63, 3.8) is 0 Å². The number of rotatable bonds is 12. The van der Waals surface area contributed by atoms with Crippen LogP contribution in [0.4, 0.5) is 8.78 Å². The first-order chi connectivity index (χ1) is 24.5. The Morgan fingerprint density at radius 2 is 0.520 bits per heavy atom. The molecule has 7 rings (SSSR count). The van der Waals surface area contributed by atoms with E-state index in [0.717, 1.165) is 0 Å². The lowest BCUT2D eigenvalue weighted by Crippen LogP contribution is -1.92. The number of hydrogen-bond donors (Lipinski definition) is 0. The Labute approximate surface area is 287 Å². The van der Waals surface area contributed by atoms with E-state index in [0.29, 0.717) is 69.0 Å². The highest BCUT2D eigenvalue weighted by atomic mass is 19.1. The van der Waals surface area contributed by atoms with Crippen LogP contribution >= 0.6 is 0 Å². The number of halogens is 2. The van der Waals surface area contributed by atoms with Gasteiger partial charge in [-0.3, -0.25) is 0 Å². The normalized spacial score (nSPS) is 10.6. The van der Waals surface area contributed by atoms with Gasteiger partial charge in [0.15, 0.2) is 23.0 Å². The topological polar surface area (TPSA) is 55.4 Å². The summed E-state index contributed by atoms with van der Waals surface area (Å²) in [6, 6.07) is 47.8. The molecule has 246 valence electrons. The highest BCUT2D eigenvalue weighted by molar-refractivity contribution is 5.49. The Balaban J connectivity index is 1.00. The van der Waals surface area contributed by atoms with Gasteiger partial charge in [0.2, 0.25) is 0 Å².